The summed E-state index contributed by atoms with van der Waals surface area (Å²) in [6.45, 7) is 0.606. The number of hydrogen-bond acceptors (Lipinski definition) is 5. The summed E-state index contributed by atoms with van der Waals surface area (Å²) >= 11 is 0. The molecule has 3 rings (SSSR count). The number of nitrogens with one attached hydrogen (secondary N) is 2. The Balaban J connectivity index is 1.64. The third kappa shape index (κ3) is 2.99. The molecule has 1 aromatic heterocycles. The fourth-order valence-electron chi connectivity index (χ4n) is 2.19. The van der Waals surface area contributed by atoms with Crippen LogP contribution in [0.1, 0.15) is 12.8 Å². The molecular formula is C15H20N4O3. The van der Waals surface area contributed by atoms with Crippen molar-refractivity contribution >= 4 is 28.8 Å². The molecule has 2 aromatic rings. The van der Waals surface area contributed by atoms with Gasteiger partial charge in [0.2, 0.25) is 0 Å². The van der Waals surface area contributed by atoms with Crippen molar-refractivity contribution < 1.29 is 14.3 Å². The average Bonchev–Trinajstić information content (AvgIpc) is 3.15. The van der Waals surface area contributed by atoms with Crippen LogP contribution in [-0.2, 0) is 0 Å². The minimum Gasteiger partial charge on any atom is -0.423 e. The van der Waals surface area contributed by atoms with E-state index in [0.29, 0.717) is 23.8 Å². The van der Waals surface area contributed by atoms with Gasteiger partial charge in [-0.15, -0.1) is 0 Å². The number of amides is 2. The Morgan fingerprint density at radius 3 is 2.86 bits per heavy atom. The van der Waals surface area contributed by atoms with Crippen LogP contribution in [0, 0.1) is 5.41 Å². The molecule has 3 N–H and O–H groups in total. The first kappa shape index (κ1) is 14.6. The van der Waals surface area contributed by atoms with Crippen LogP contribution in [0.4, 0.5) is 16.5 Å². The molecule has 7 nitrogen and oxygen atoms in total. The normalized spacial score (nSPS) is 15.6. The number of carbonyl (C=O) groups is 1. The van der Waals surface area contributed by atoms with Gasteiger partial charge in [0.25, 0.3) is 6.01 Å². The number of oxazole rings is 1. The summed E-state index contributed by atoms with van der Waals surface area (Å²) in [5.74, 6) is 0. The fourth-order valence-corrected chi connectivity index (χ4v) is 2.19. The quantitative estimate of drug-likeness (QED) is 0.783. The molecule has 0 radical (unpaired) electrons. The Hall–Kier alpha value is -2.28. The second-order valence-electron chi connectivity index (χ2n) is 6.04. The average molecular weight is 304 g/mol. The van der Waals surface area contributed by atoms with E-state index in [1.165, 1.54) is 0 Å². The molecule has 2 amide bonds. The summed E-state index contributed by atoms with van der Waals surface area (Å²) in [6.07, 6.45) is 1.92. The molecule has 118 valence electrons. The summed E-state index contributed by atoms with van der Waals surface area (Å²) in [6, 6.07) is 5.57. The highest BCUT2D eigenvalue weighted by Crippen LogP contribution is 2.44. The zero-order valence-electron chi connectivity index (χ0n) is 12.7. The van der Waals surface area contributed by atoms with E-state index in [2.05, 4.69) is 15.6 Å². The lowest BCUT2D eigenvalue weighted by molar-refractivity contribution is 0.206. The SMILES string of the molecule is CN(C)c1nc2ccc(NC(=O)NCC3(CO)CC3)cc2o1. The molecule has 22 heavy (non-hydrogen) atoms. The first-order valence-corrected chi connectivity index (χ1v) is 7.25. The van der Waals surface area contributed by atoms with Crippen LogP contribution in [-0.4, -0.2) is 43.4 Å². The highest BCUT2D eigenvalue weighted by atomic mass is 16.4. The number of nitrogens with zero attached hydrogens (tertiary/aromatic N) is 2. The third-order valence-corrected chi connectivity index (χ3v) is 3.93. The lowest BCUT2D eigenvalue weighted by Crippen LogP contribution is -2.35. The zero-order valence-corrected chi connectivity index (χ0v) is 12.7. The van der Waals surface area contributed by atoms with E-state index in [9.17, 15) is 9.90 Å². The molecule has 1 fully saturated rings. The maximum Gasteiger partial charge on any atom is 0.319 e. The molecule has 1 aliphatic carbocycles. The number of aliphatic hydroxyl groups is 1. The van der Waals surface area contributed by atoms with E-state index in [4.69, 9.17) is 4.42 Å². The maximum absolute atomic E-state index is 11.9. The van der Waals surface area contributed by atoms with Crippen molar-refractivity contribution in [2.24, 2.45) is 5.41 Å². The molecule has 0 bridgehead atoms. The van der Waals surface area contributed by atoms with Crippen molar-refractivity contribution in [2.45, 2.75) is 12.8 Å². The summed E-state index contributed by atoms with van der Waals surface area (Å²) in [5.41, 5.74) is 1.90. The number of fused-ring (bicyclic) bond motifs is 1. The lowest BCUT2D eigenvalue weighted by atomic mass is 10.1. The number of rotatable bonds is 5. The zero-order chi connectivity index (χ0) is 15.7. The Kier molecular flexibility index (Phi) is 3.66. The number of urea groups is 1. The minimum atomic E-state index is -0.286. The molecule has 0 aliphatic heterocycles. The molecule has 1 heterocycles. The number of aliphatic hydroxyl groups excluding tert-OH is 1. The summed E-state index contributed by atoms with van der Waals surface area (Å²) in [7, 11) is 3.71. The smallest absolute Gasteiger partial charge is 0.319 e. The Morgan fingerprint density at radius 1 is 1.45 bits per heavy atom. The van der Waals surface area contributed by atoms with E-state index in [0.717, 1.165) is 18.4 Å². The van der Waals surface area contributed by atoms with E-state index in [1.54, 1.807) is 23.1 Å². The van der Waals surface area contributed by atoms with Crippen LogP contribution in [0.2, 0.25) is 0 Å². The third-order valence-electron chi connectivity index (χ3n) is 3.93. The second-order valence-corrected chi connectivity index (χ2v) is 6.04. The lowest BCUT2D eigenvalue weighted by Gasteiger charge is -2.13. The number of hydrogen-bond donors (Lipinski definition) is 3. The number of aromatic nitrogens is 1. The van der Waals surface area contributed by atoms with Crippen LogP contribution >= 0.6 is 0 Å². The van der Waals surface area contributed by atoms with Crippen LogP contribution in [0.5, 0.6) is 0 Å². The molecule has 1 aliphatic rings. The van der Waals surface area contributed by atoms with Gasteiger partial charge in [0, 0.05) is 37.8 Å². The van der Waals surface area contributed by atoms with Gasteiger partial charge < -0.3 is 25.1 Å². The van der Waals surface area contributed by atoms with Crippen molar-refractivity contribution in [3.63, 3.8) is 0 Å². The first-order chi connectivity index (χ1) is 10.5. The first-order valence-electron chi connectivity index (χ1n) is 7.25. The van der Waals surface area contributed by atoms with Crippen LogP contribution in [0.15, 0.2) is 22.6 Å². The highest BCUT2D eigenvalue weighted by Gasteiger charge is 2.42. The van der Waals surface area contributed by atoms with Gasteiger partial charge in [-0.1, -0.05) is 0 Å². The highest BCUT2D eigenvalue weighted by molar-refractivity contribution is 5.91. The maximum atomic E-state index is 11.9. The summed E-state index contributed by atoms with van der Waals surface area (Å²) in [4.78, 5) is 18.0. The Morgan fingerprint density at radius 2 is 2.23 bits per heavy atom. The molecule has 7 heteroatoms. The van der Waals surface area contributed by atoms with Crippen molar-refractivity contribution in [3.8, 4) is 0 Å². The topological polar surface area (TPSA) is 90.6 Å². The van der Waals surface area contributed by atoms with Crippen molar-refractivity contribution in [3.05, 3.63) is 18.2 Å². The predicted molar refractivity (Wildman–Crippen MR) is 84.1 cm³/mol. The molecule has 0 atom stereocenters. The van der Waals surface area contributed by atoms with Gasteiger partial charge in [-0.05, 0) is 25.0 Å². The molecule has 1 saturated carbocycles. The van der Waals surface area contributed by atoms with E-state index in [1.807, 2.05) is 14.1 Å². The number of carbonyl (C=O) groups excluding carboxylic acids is 1. The van der Waals surface area contributed by atoms with Gasteiger partial charge >= 0.3 is 6.03 Å². The second kappa shape index (κ2) is 5.49. The standard InChI is InChI=1S/C15H20N4O3/c1-19(2)14-18-11-4-3-10(7-12(11)22-14)17-13(21)16-8-15(9-20)5-6-15/h3-4,7,20H,5-6,8-9H2,1-2H3,(H2,16,17,21). The van der Waals surface area contributed by atoms with Crippen molar-refractivity contribution in [1.29, 1.82) is 0 Å². The van der Waals surface area contributed by atoms with E-state index < -0.39 is 0 Å². The van der Waals surface area contributed by atoms with Crippen LogP contribution in [0.25, 0.3) is 11.1 Å². The van der Waals surface area contributed by atoms with E-state index in [-0.39, 0.29) is 18.1 Å². The van der Waals surface area contributed by atoms with Crippen molar-refractivity contribution in [2.75, 3.05) is 37.5 Å². The summed E-state index contributed by atoms with van der Waals surface area (Å²) in [5, 5.41) is 14.8. The van der Waals surface area contributed by atoms with Gasteiger partial charge in [0.15, 0.2) is 5.58 Å². The van der Waals surface area contributed by atoms with Gasteiger partial charge in [-0.2, -0.15) is 4.98 Å². The molecule has 1 aromatic carbocycles. The number of anilines is 2. The monoisotopic (exact) mass is 304 g/mol. The van der Waals surface area contributed by atoms with Gasteiger partial charge in [-0.3, -0.25) is 0 Å². The van der Waals surface area contributed by atoms with E-state index >= 15 is 0 Å². The van der Waals surface area contributed by atoms with Gasteiger partial charge in [0.1, 0.15) is 5.52 Å². The predicted octanol–water partition coefficient (Wildman–Crippen LogP) is 1.79. The Labute approximate surface area is 128 Å². The van der Waals surface area contributed by atoms with Crippen molar-refractivity contribution in [1.82, 2.24) is 10.3 Å². The molecule has 0 spiro atoms. The largest absolute Gasteiger partial charge is 0.423 e. The molecule has 0 saturated heterocycles. The molecule has 0 unspecified atom stereocenters. The number of benzene rings is 1. The van der Waals surface area contributed by atoms with Gasteiger partial charge in [-0.25, -0.2) is 4.79 Å². The fraction of sp³-hybridized carbons (Fsp3) is 0.467. The van der Waals surface area contributed by atoms with Gasteiger partial charge in [0.05, 0.1) is 6.61 Å². The molecular weight excluding hydrogens is 284 g/mol. The minimum absolute atomic E-state index is 0.104. The Bertz CT molecular complexity index is 691. The van der Waals surface area contributed by atoms with Crippen LogP contribution in [0.3, 0.4) is 0 Å². The summed E-state index contributed by atoms with van der Waals surface area (Å²) < 4.78 is 5.60. The van der Waals surface area contributed by atoms with Crippen LogP contribution < -0.4 is 15.5 Å².